The molecule has 0 saturated heterocycles. The summed E-state index contributed by atoms with van der Waals surface area (Å²) in [7, 11) is 0. The summed E-state index contributed by atoms with van der Waals surface area (Å²) < 4.78 is 13.2. The summed E-state index contributed by atoms with van der Waals surface area (Å²) in [6.45, 7) is 2.22. The fraction of sp³-hybridized carbons (Fsp3) is 0.143. The van der Waals surface area contributed by atoms with E-state index in [0.29, 0.717) is 28.4 Å². The number of hydrogen-bond donors (Lipinski definition) is 1. The lowest BCUT2D eigenvalue weighted by Crippen LogP contribution is -2.31. The topological polar surface area (TPSA) is 74.8 Å². The third-order valence-corrected chi connectivity index (χ3v) is 5.94. The Balaban J connectivity index is 1.56. The molecule has 2 aromatic carbocycles. The molecule has 152 valence electrons. The van der Waals surface area contributed by atoms with E-state index in [2.05, 4.69) is 20.2 Å². The number of H-pyrrole nitrogens is 1. The molecule has 0 aliphatic carbocycles. The quantitative estimate of drug-likeness (QED) is 0.423. The second-order valence-electron chi connectivity index (χ2n) is 6.48. The van der Waals surface area contributed by atoms with Crippen molar-refractivity contribution in [2.45, 2.75) is 18.6 Å². The Labute approximate surface area is 181 Å². The van der Waals surface area contributed by atoms with Crippen LogP contribution in [0.3, 0.4) is 0 Å². The molecular formula is C21H18FN5OS2. The van der Waals surface area contributed by atoms with Gasteiger partial charge in [0.1, 0.15) is 11.6 Å². The van der Waals surface area contributed by atoms with E-state index < -0.39 is 0 Å². The van der Waals surface area contributed by atoms with Crippen LogP contribution in [-0.2, 0) is 11.3 Å². The summed E-state index contributed by atoms with van der Waals surface area (Å²) in [5.74, 6) is 0.505. The molecule has 9 heteroatoms. The van der Waals surface area contributed by atoms with Crippen LogP contribution < -0.4 is 4.90 Å². The minimum atomic E-state index is -0.297. The number of rotatable bonds is 7. The zero-order valence-electron chi connectivity index (χ0n) is 16.1. The number of nitrogens with zero attached hydrogens (tertiary/aromatic N) is 4. The lowest BCUT2D eigenvalue weighted by Gasteiger charge is -2.19. The lowest BCUT2D eigenvalue weighted by molar-refractivity contribution is -0.116. The van der Waals surface area contributed by atoms with Gasteiger partial charge in [-0.1, -0.05) is 42.1 Å². The second kappa shape index (κ2) is 9.19. The molecule has 2 aromatic heterocycles. The Bertz CT molecular complexity index is 1130. The zero-order chi connectivity index (χ0) is 20.9. The van der Waals surface area contributed by atoms with E-state index in [0.717, 1.165) is 11.1 Å². The summed E-state index contributed by atoms with van der Waals surface area (Å²) in [5.41, 5.74) is 2.51. The lowest BCUT2D eigenvalue weighted by atomic mass is 10.2. The van der Waals surface area contributed by atoms with Crippen molar-refractivity contribution in [1.82, 2.24) is 20.2 Å². The minimum absolute atomic E-state index is 0.0914. The van der Waals surface area contributed by atoms with E-state index in [1.807, 2.05) is 42.6 Å². The van der Waals surface area contributed by atoms with Crippen LogP contribution in [0.25, 0.3) is 11.3 Å². The molecule has 4 rings (SSSR count). The van der Waals surface area contributed by atoms with Gasteiger partial charge in [-0.3, -0.25) is 14.8 Å². The van der Waals surface area contributed by atoms with Gasteiger partial charge in [0.25, 0.3) is 0 Å². The Kier molecular flexibility index (Phi) is 6.20. The summed E-state index contributed by atoms with van der Waals surface area (Å²) in [6.07, 6.45) is 0. The summed E-state index contributed by atoms with van der Waals surface area (Å²) >= 11 is 2.66. The number of carbonyl (C=O) groups is 1. The van der Waals surface area contributed by atoms with Gasteiger partial charge in [0, 0.05) is 10.9 Å². The van der Waals surface area contributed by atoms with Crippen LogP contribution in [0.2, 0.25) is 0 Å². The maximum atomic E-state index is 13.2. The molecule has 0 saturated carbocycles. The van der Waals surface area contributed by atoms with E-state index in [1.165, 1.54) is 35.2 Å². The average Bonchev–Trinajstić information content (AvgIpc) is 3.41. The van der Waals surface area contributed by atoms with Crippen molar-refractivity contribution in [1.29, 1.82) is 0 Å². The van der Waals surface area contributed by atoms with Gasteiger partial charge in [-0.05, 0) is 36.8 Å². The van der Waals surface area contributed by atoms with Crippen molar-refractivity contribution >= 4 is 34.1 Å². The highest BCUT2D eigenvalue weighted by Crippen LogP contribution is 2.29. The largest absolute Gasteiger partial charge is 0.283 e. The standard InChI is InChI=1S/C21H18FN5OS2/c1-14-23-20(26-25-14)29-13-19(28)27(11-15-5-3-2-4-6-15)21-24-18(12-30-21)16-7-9-17(22)10-8-16/h2-10,12H,11,13H2,1H3,(H,23,25,26). The predicted octanol–water partition coefficient (Wildman–Crippen LogP) is 4.70. The second-order valence-corrected chi connectivity index (χ2v) is 8.26. The molecule has 0 aliphatic heterocycles. The predicted molar refractivity (Wildman–Crippen MR) is 117 cm³/mol. The first-order valence-corrected chi connectivity index (χ1v) is 11.0. The molecule has 0 unspecified atom stereocenters. The van der Waals surface area contributed by atoms with Gasteiger partial charge in [0.05, 0.1) is 18.0 Å². The molecule has 0 spiro atoms. The highest BCUT2D eigenvalue weighted by molar-refractivity contribution is 7.99. The number of aromatic nitrogens is 4. The zero-order valence-corrected chi connectivity index (χ0v) is 17.7. The number of halogens is 1. The van der Waals surface area contributed by atoms with Crippen molar-refractivity contribution in [2.75, 3.05) is 10.7 Å². The van der Waals surface area contributed by atoms with E-state index in [1.54, 1.807) is 17.0 Å². The van der Waals surface area contributed by atoms with Crippen molar-refractivity contribution in [3.63, 3.8) is 0 Å². The van der Waals surface area contributed by atoms with Gasteiger partial charge >= 0.3 is 0 Å². The summed E-state index contributed by atoms with van der Waals surface area (Å²) in [5, 5.41) is 9.84. The number of amides is 1. The van der Waals surface area contributed by atoms with Crippen LogP contribution in [0.4, 0.5) is 9.52 Å². The Morgan fingerprint density at radius 2 is 1.90 bits per heavy atom. The molecule has 0 radical (unpaired) electrons. The first-order chi connectivity index (χ1) is 14.6. The fourth-order valence-corrected chi connectivity index (χ4v) is 4.33. The number of hydrogen-bond acceptors (Lipinski definition) is 6. The number of aryl methyl sites for hydroxylation is 1. The van der Waals surface area contributed by atoms with Gasteiger partial charge in [-0.25, -0.2) is 14.4 Å². The van der Waals surface area contributed by atoms with Crippen molar-refractivity contribution < 1.29 is 9.18 Å². The minimum Gasteiger partial charge on any atom is -0.283 e. The van der Waals surface area contributed by atoms with Crippen LogP contribution in [0, 0.1) is 12.7 Å². The maximum absolute atomic E-state index is 13.2. The first kappa shape index (κ1) is 20.2. The maximum Gasteiger partial charge on any atom is 0.239 e. The fourth-order valence-electron chi connectivity index (χ4n) is 2.76. The molecule has 6 nitrogen and oxygen atoms in total. The molecule has 0 bridgehead atoms. The smallest absolute Gasteiger partial charge is 0.239 e. The van der Waals surface area contributed by atoms with E-state index in [4.69, 9.17) is 0 Å². The van der Waals surface area contributed by atoms with Gasteiger partial charge in [0.15, 0.2) is 5.13 Å². The van der Waals surface area contributed by atoms with E-state index in [9.17, 15) is 9.18 Å². The van der Waals surface area contributed by atoms with Crippen molar-refractivity contribution in [2.24, 2.45) is 0 Å². The number of aromatic amines is 1. The molecule has 2 heterocycles. The number of nitrogens with one attached hydrogen (secondary N) is 1. The van der Waals surface area contributed by atoms with Crippen molar-refractivity contribution in [3.8, 4) is 11.3 Å². The number of anilines is 1. The summed E-state index contributed by atoms with van der Waals surface area (Å²) in [4.78, 5) is 23.6. The normalized spacial score (nSPS) is 10.9. The van der Waals surface area contributed by atoms with Gasteiger partial charge in [0.2, 0.25) is 11.1 Å². The van der Waals surface area contributed by atoms with E-state index >= 15 is 0 Å². The van der Waals surface area contributed by atoms with Gasteiger partial charge in [-0.15, -0.1) is 16.4 Å². The first-order valence-electron chi connectivity index (χ1n) is 9.16. The molecular weight excluding hydrogens is 421 g/mol. The van der Waals surface area contributed by atoms with Crippen LogP contribution >= 0.6 is 23.1 Å². The average molecular weight is 440 g/mol. The molecule has 0 aliphatic rings. The highest BCUT2D eigenvalue weighted by Gasteiger charge is 2.21. The van der Waals surface area contributed by atoms with Crippen LogP contribution in [0.5, 0.6) is 0 Å². The number of thiazole rings is 1. The third-order valence-electron chi connectivity index (χ3n) is 4.25. The molecule has 4 aromatic rings. The Hall–Kier alpha value is -3.04. The van der Waals surface area contributed by atoms with Crippen molar-refractivity contribution in [3.05, 3.63) is 77.2 Å². The van der Waals surface area contributed by atoms with Crippen LogP contribution in [-0.4, -0.2) is 31.8 Å². The molecule has 1 N–H and O–H groups in total. The number of carbonyl (C=O) groups excluding carboxylic acids is 1. The number of benzene rings is 2. The summed E-state index contributed by atoms with van der Waals surface area (Å²) in [6, 6.07) is 15.9. The SMILES string of the molecule is Cc1nc(SCC(=O)N(Cc2ccccc2)c2nc(-c3ccc(F)cc3)cs2)n[nH]1. The monoisotopic (exact) mass is 439 g/mol. The number of thioether (sulfide) groups is 1. The Morgan fingerprint density at radius 1 is 1.13 bits per heavy atom. The van der Waals surface area contributed by atoms with E-state index in [-0.39, 0.29) is 17.5 Å². The molecule has 0 atom stereocenters. The molecule has 30 heavy (non-hydrogen) atoms. The molecule has 0 fully saturated rings. The van der Waals surface area contributed by atoms with Gasteiger partial charge < -0.3 is 0 Å². The van der Waals surface area contributed by atoms with Gasteiger partial charge in [-0.2, -0.15) is 0 Å². The van der Waals surface area contributed by atoms with Crippen LogP contribution in [0.1, 0.15) is 11.4 Å². The third kappa shape index (κ3) is 4.92. The molecule has 1 amide bonds. The Morgan fingerprint density at radius 3 is 2.60 bits per heavy atom. The highest BCUT2D eigenvalue weighted by atomic mass is 32.2. The van der Waals surface area contributed by atoms with Crippen LogP contribution in [0.15, 0.2) is 65.1 Å².